The normalized spacial score (nSPS) is 13.1. The van der Waals surface area contributed by atoms with Crippen molar-refractivity contribution in [1.82, 2.24) is 5.32 Å². The summed E-state index contributed by atoms with van der Waals surface area (Å²) < 4.78 is 14.3. The first-order chi connectivity index (χ1) is 8.04. The summed E-state index contributed by atoms with van der Waals surface area (Å²) in [6, 6.07) is 5.27. The molecule has 96 valence electrons. The van der Waals surface area contributed by atoms with Crippen LogP contribution < -0.4 is 5.32 Å². The molecule has 0 radical (unpaired) electrons. The lowest BCUT2D eigenvalue weighted by molar-refractivity contribution is 0.243. The molecule has 1 aromatic carbocycles. The molecule has 0 aliphatic heterocycles. The molecule has 0 saturated carbocycles. The van der Waals surface area contributed by atoms with Gasteiger partial charge in [0.25, 0.3) is 0 Å². The van der Waals surface area contributed by atoms with E-state index in [0.717, 1.165) is 4.47 Å². The molecule has 0 heterocycles. The first-order valence-electron chi connectivity index (χ1n) is 5.82. The van der Waals surface area contributed by atoms with Crippen LogP contribution in [0.3, 0.4) is 0 Å². The SMILES string of the molecule is CC(C)C(CCO)NCc1ccc(Br)cc1F. The molecule has 0 aliphatic carbocycles. The highest BCUT2D eigenvalue weighted by atomic mass is 79.9. The van der Waals surface area contributed by atoms with Crippen LogP contribution in [0.1, 0.15) is 25.8 Å². The average Bonchev–Trinajstić information content (AvgIpc) is 2.25. The zero-order valence-corrected chi connectivity index (χ0v) is 11.8. The standard InChI is InChI=1S/C13H19BrFNO/c1-9(2)13(5-6-17)16-8-10-3-4-11(14)7-12(10)15/h3-4,7,9,13,16-17H,5-6,8H2,1-2H3. The van der Waals surface area contributed by atoms with Gasteiger partial charge in [0.1, 0.15) is 5.82 Å². The van der Waals surface area contributed by atoms with E-state index in [9.17, 15) is 4.39 Å². The maximum absolute atomic E-state index is 13.6. The molecule has 17 heavy (non-hydrogen) atoms. The number of rotatable bonds is 6. The number of aliphatic hydroxyl groups is 1. The summed E-state index contributed by atoms with van der Waals surface area (Å²) in [6.07, 6.45) is 0.690. The fourth-order valence-electron chi connectivity index (χ4n) is 1.72. The highest BCUT2D eigenvalue weighted by Gasteiger charge is 2.12. The first-order valence-corrected chi connectivity index (χ1v) is 6.62. The summed E-state index contributed by atoms with van der Waals surface area (Å²) in [5, 5.41) is 12.2. The molecule has 2 N–H and O–H groups in total. The van der Waals surface area contributed by atoms with Crippen molar-refractivity contribution < 1.29 is 9.50 Å². The molecule has 0 spiro atoms. The Morgan fingerprint density at radius 2 is 2.12 bits per heavy atom. The van der Waals surface area contributed by atoms with Gasteiger partial charge in [0.15, 0.2) is 0 Å². The summed E-state index contributed by atoms with van der Waals surface area (Å²) in [7, 11) is 0. The highest BCUT2D eigenvalue weighted by molar-refractivity contribution is 9.10. The second-order valence-electron chi connectivity index (χ2n) is 4.48. The van der Waals surface area contributed by atoms with Crippen molar-refractivity contribution in [2.24, 2.45) is 5.92 Å². The Balaban J connectivity index is 2.59. The third-order valence-corrected chi connectivity index (χ3v) is 3.31. The molecule has 4 heteroatoms. The van der Waals surface area contributed by atoms with E-state index in [-0.39, 0.29) is 18.5 Å². The van der Waals surface area contributed by atoms with Crippen molar-refractivity contribution in [3.63, 3.8) is 0 Å². The molecule has 1 aromatic rings. The van der Waals surface area contributed by atoms with E-state index in [1.807, 2.05) is 6.07 Å². The van der Waals surface area contributed by atoms with Gasteiger partial charge in [0.2, 0.25) is 0 Å². The second-order valence-corrected chi connectivity index (χ2v) is 5.40. The highest BCUT2D eigenvalue weighted by Crippen LogP contribution is 2.16. The van der Waals surface area contributed by atoms with Crippen molar-refractivity contribution >= 4 is 15.9 Å². The number of aliphatic hydroxyl groups excluding tert-OH is 1. The van der Waals surface area contributed by atoms with Crippen molar-refractivity contribution in [1.29, 1.82) is 0 Å². The topological polar surface area (TPSA) is 32.3 Å². The number of benzene rings is 1. The minimum Gasteiger partial charge on any atom is -0.396 e. The van der Waals surface area contributed by atoms with Crippen LogP contribution in [0.4, 0.5) is 4.39 Å². The first kappa shape index (κ1) is 14.6. The molecule has 1 rings (SSSR count). The third kappa shape index (κ3) is 4.74. The van der Waals surface area contributed by atoms with Gasteiger partial charge in [-0.2, -0.15) is 0 Å². The van der Waals surface area contributed by atoms with Gasteiger partial charge in [0.05, 0.1) is 0 Å². The van der Waals surface area contributed by atoms with E-state index in [0.29, 0.717) is 24.4 Å². The zero-order chi connectivity index (χ0) is 12.8. The number of hydrogen-bond donors (Lipinski definition) is 2. The van der Waals surface area contributed by atoms with Gasteiger partial charge in [0, 0.05) is 29.2 Å². The molecule has 0 amide bonds. The Bertz CT molecular complexity index is 357. The molecule has 0 bridgehead atoms. The summed E-state index contributed by atoms with van der Waals surface area (Å²) in [6.45, 7) is 4.82. The van der Waals surface area contributed by atoms with Crippen LogP contribution in [0, 0.1) is 11.7 Å². The predicted octanol–water partition coefficient (Wildman–Crippen LogP) is 3.08. The number of nitrogens with one attached hydrogen (secondary N) is 1. The summed E-state index contributed by atoms with van der Waals surface area (Å²) in [5.74, 6) is 0.207. The van der Waals surface area contributed by atoms with Gasteiger partial charge in [-0.1, -0.05) is 35.8 Å². The summed E-state index contributed by atoms with van der Waals surface area (Å²) >= 11 is 3.23. The van der Waals surface area contributed by atoms with E-state index < -0.39 is 0 Å². The van der Waals surface area contributed by atoms with E-state index >= 15 is 0 Å². The molecule has 1 unspecified atom stereocenters. The molecule has 2 nitrogen and oxygen atoms in total. The van der Waals surface area contributed by atoms with Crippen molar-refractivity contribution in [2.45, 2.75) is 32.9 Å². The van der Waals surface area contributed by atoms with E-state index in [2.05, 4.69) is 35.1 Å². The minimum atomic E-state index is -0.210. The van der Waals surface area contributed by atoms with Crippen LogP contribution in [-0.2, 0) is 6.54 Å². The third-order valence-electron chi connectivity index (χ3n) is 2.81. The van der Waals surface area contributed by atoms with Gasteiger partial charge in [-0.05, 0) is 24.5 Å². The summed E-state index contributed by atoms with van der Waals surface area (Å²) in [5.41, 5.74) is 0.650. The van der Waals surface area contributed by atoms with Gasteiger partial charge >= 0.3 is 0 Å². The van der Waals surface area contributed by atoms with E-state index in [4.69, 9.17) is 5.11 Å². The van der Waals surface area contributed by atoms with Gasteiger partial charge in [-0.3, -0.25) is 0 Å². The molecule has 0 aliphatic rings. The van der Waals surface area contributed by atoms with Crippen molar-refractivity contribution in [2.75, 3.05) is 6.61 Å². The van der Waals surface area contributed by atoms with Crippen molar-refractivity contribution in [3.05, 3.63) is 34.1 Å². The molecule has 0 fully saturated rings. The van der Waals surface area contributed by atoms with Crippen LogP contribution in [0.2, 0.25) is 0 Å². The zero-order valence-electron chi connectivity index (χ0n) is 10.2. The lowest BCUT2D eigenvalue weighted by Gasteiger charge is -2.21. The van der Waals surface area contributed by atoms with Crippen LogP contribution in [0.25, 0.3) is 0 Å². The monoisotopic (exact) mass is 303 g/mol. The lowest BCUT2D eigenvalue weighted by Crippen LogP contribution is -2.34. The smallest absolute Gasteiger partial charge is 0.128 e. The fourth-order valence-corrected chi connectivity index (χ4v) is 2.05. The van der Waals surface area contributed by atoms with Crippen LogP contribution in [0.15, 0.2) is 22.7 Å². The maximum Gasteiger partial charge on any atom is 0.128 e. The number of halogens is 2. The van der Waals surface area contributed by atoms with Gasteiger partial charge < -0.3 is 10.4 Å². The molecule has 0 saturated heterocycles. The lowest BCUT2D eigenvalue weighted by atomic mass is 10.0. The largest absolute Gasteiger partial charge is 0.396 e. The van der Waals surface area contributed by atoms with Crippen LogP contribution in [0.5, 0.6) is 0 Å². The quantitative estimate of drug-likeness (QED) is 0.846. The van der Waals surface area contributed by atoms with Crippen molar-refractivity contribution in [3.8, 4) is 0 Å². The Kier molecular flexibility index (Phi) is 6.09. The fraction of sp³-hybridized carbons (Fsp3) is 0.538. The van der Waals surface area contributed by atoms with E-state index in [1.54, 1.807) is 6.07 Å². The van der Waals surface area contributed by atoms with E-state index in [1.165, 1.54) is 6.07 Å². The maximum atomic E-state index is 13.6. The molecular weight excluding hydrogens is 285 g/mol. The summed E-state index contributed by atoms with van der Waals surface area (Å²) in [4.78, 5) is 0. The molecule has 1 atom stereocenters. The Hall–Kier alpha value is -0.450. The average molecular weight is 304 g/mol. The van der Waals surface area contributed by atoms with Crippen LogP contribution in [-0.4, -0.2) is 17.8 Å². The molecular formula is C13H19BrFNO. The number of hydrogen-bond acceptors (Lipinski definition) is 2. The Morgan fingerprint density at radius 3 is 2.65 bits per heavy atom. The van der Waals surface area contributed by atoms with Gasteiger partial charge in [-0.25, -0.2) is 4.39 Å². The Labute approximate surface area is 110 Å². The second kappa shape index (κ2) is 7.09. The predicted molar refractivity (Wildman–Crippen MR) is 71.3 cm³/mol. The Morgan fingerprint density at radius 1 is 1.41 bits per heavy atom. The van der Waals surface area contributed by atoms with Gasteiger partial charge in [-0.15, -0.1) is 0 Å². The molecule has 0 aromatic heterocycles. The minimum absolute atomic E-state index is 0.151. The van der Waals surface area contributed by atoms with Crippen LogP contribution >= 0.6 is 15.9 Å².